The Balaban J connectivity index is 1.36. The Morgan fingerprint density at radius 3 is 2.44 bits per heavy atom. The second-order valence-corrected chi connectivity index (χ2v) is 10.0. The van der Waals surface area contributed by atoms with Crippen molar-refractivity contribution in [2.24, 2.45) is 0 Å². The fourth-order valence-corrected chi connectivity index (χ4v) is 5.48. The first-order valence-corrected chi connectivity index (χ1v) is 12.6. The lowest BCUT2D eigenvalue weighted by Crippen LogP contribution is -2.35. The van der Waals surface area contributed by atoms with Gasteiger partial charge in [0.15, 0.2) is 6.61 Å². The molecular formula is C25H23ClN2O5S. The third kappa shape index (κ3) is 5.24. The molecule has 0 radical (unpaired) electrons. The van der Waals surface area contributed by atoms with Gasteiger partial charge in [-0.3, -0.25) is 9.10 Å². The summed E-state index contributed by atoms with van der Waals surface area (Å²) in [5.74, 6) is -1.20. The van der Waals surface area contributed by atoms with Crippen molar-refractivity contribution in [1.82, 2.24) is 5.32 Å². The highest BCUT2D eigenvalue weighted by Crippen LogP contribution is 2.31. The maximum Gasteiger partial charge on any atom is 0.338 e. The van der Waals surface area contributed by atoms with Crippen molar-refractivity contribution in [2.75, 3.05) is 17.5 Å². The van der Waals surface area contributed by atoms with E-state index in [1.165, 1.54) is 28.6 Å². The Hall–Kier alpha value is -3.36. The van der Waals surface area contributed by atoms with Crippen molar-refractivity contribution in [3.05, 3.63) is 94.5 Å². The van der Waals surface area contributed by atoms with E-state index in [2.05, 4.69) is 5.32 Å². The van der Waals surface area contributed by atoms with Gasteiger partial charge in [0, 0.05) is 18.1 Å². The van der Waals surface area contributed by atoms with Crippen LogP contribution in [0.15, 0.2) is 77.7 Å². The number of anilines is 1. The Labute approximate surface area is 203 Å². The summed E-state index contributed by atoms with van der Waals surface area (Å²) >= 11 is 6.05. The van der Waals surface area contributed by atoms with Crippen molar-refractivity contribution in [3.8, 4) is 0 Å². The average Bonchev–Trinajstić information content (AvgIpc) is 2.86. The van der Waals surface area contributed by atoms with Gasteiger partial charge < -0.3 is 10.1 Å². The molecule has 1 aliphatic heterocycles. The summed E-state index contributed by atoms with van der Waals surface area (Å²) in [6, 6.07) is 20.1. The minimum absolute atomic E-state index is 0.0817. The topological polar surface area (TPSA) is 92.8 Å². The van der Waals surface area contributed by atoms with Crippen LogP contribution < -0.4 is 9.62 Å². The number of esters is 1. The first kappa shape index (κ1) is 23.8. The van der Waals surface area contributed by atoms with Crippen LogP contribution in [-0.2, 0) is 32.5 Å². The van der Waals surface area contributed by atoms with Crippen LogP contribution in [-0.4, -0.2) is 33.4 Å². The number of para-hydroxylation sites is 1. The number of hydrogen-bond donors (Lipinski definition) is 1. The molecule has 1 N–H and O–H groups in total. The minimum Gasteiger partial charge on any atom is -0.452 e. The van der Waals surface area contributed by atoms with Crippen LogP contribution in [0, 0.1) is 0 Å². The van der Waals surface area contributed by atoms with E-state index in [0.29, 0.717) is 17.3 Å². The van der Waals surface area contributed by atoms with Gasteiger partial charge in [-0.05, 0) is 60.4 Å². The fraction of sp³-hybridized carbons (Fsp3) is 0.200. The molecule has 9 heteroatoms. The zero-order valence-electron chi connectivity index (χ0n) is 18.2. The molecule has 1 aliphatic rings. The van der Waals surface area contributed by atoms with E-state index in [-0.39, 0.29) is 17.0 Å². The van der Waals surface area contributed by atoms with E-state index in [4.69, 9.17) is 16.3 Å². The summed E-state index contributed by atoms with van der Waals surface area (Å²) in [6.07, 6.45) is 1.57. The number of ether oxygens (including phenoxy) is 1. The summed E-state index contributed by atoms with van der Waals surface area (Å²) in [5, 5.41) is 3.17. The molecule has 0 unspecified atom stereocenters. The van der Waals surface area contributed by atoms with Gasteiger partial charge in [-0.25, -0.2) is 13.2 Å². The highest BCUT2D eigenvalue weighted by molar-refractivity contribution is 7.92. The standard InChI is InChI=1S/C25H23ClN2O5S/c26-22-9-3-1-7-20(22)16-27-24(29)17-33-25(30)19-11-13-21(14-12-19)34(31,32)28-15-5-8-18-6-2-4-10-23(18)28/h1-4,6-7,9-14H,5,8,15-17H2,(H,27,29). The normalized spacial score (nSPS) is 13.1. The molecule has 0 atom stereocenters. The molecule has 0 saturated carbocycles. The molecule has 3 aromatic rings. The van der Waals surface area contributed by atoms with Crippen molar-refractivity contribution >= 4 is 39.2 Å². The van der Waals surface area contributed by atoms with E-state index in [1.807, 2.05) is 18.2 Å². The predicted octanol–water partition coefficient (Wildman–Crippen LogP) is 3.95. The number of hydrogen-bond acceptors (Lipinski definition) is 5. The summed E-state index contributed by atoms with van der Waals surface area (Å²) in [7, 11) is -3.77. The monoisotopic (exact) mass is 498 g/mol. The Morgan fingerprint density at radius 2 is 1.68 bits per heavy atom. The zero-order valence-corrected chi connectivity index (χ0v) is 19.8. The van der Waals surface area contributed by atoms with E-state index in [0.717, 1.165) is 24.0 Å². The van der Waals surface area contributed by atoms with Crippen LogP contribution in [0.3, 0.4) is 0 Å². The van der Waals surface area contributed by atoms with Crippen LogP contribution in [0.5, 0.6) is 0 Å². The smallest absolute Gasteiger partial charge is 0.338 e. The first-order chi connectivity index (χ1) is 16.4. The number of carbonyl (C=O) groups excluding carboxylic acids is 2. The van der Waals surface area contributed by atoms with Gasteiger partial charge in [0.2, 0.25) is 0 Å². The molecular weight excluding hydrogens is 476 g/mol. The number of nitrogens with one attached hydrogen (secondary N) is 1. The van der Waals surface area contributed by atoms with E-state index < -0.39 is 28.5 Å². The molecule has 0 bridgehead atoms. The molecule has 1 heterocycles. The van der Waals surface area contributed by atoms with Crippen LogP contribution in [0.4, 0.5) is 5.69 Å². The summed E-state index contributed by atoms with van der Waals surface area (Å²) in [5.41, 5.74) is 2.57. The third-order valence-corrected chi connectivity index (χ3v) is 7.71. The molecule has 0 aliphatic carbocycles. The summed E-state index contributed by atoms with van der Waals surface area (Å²) in [6.45, 7) is 0.141. The highest BCUT2D eigenvalue weighted by atomic mass is 35.5. The SMILES string of the molecule is O=C(COC(=O)c1ccc(S(=O)(=O)N2CCCc3ccccc32)cc1)NCc1ccccc1Cl. The second-order valence-electron chi connectivity index (χ2n) is 7.78. The molecule has 0 saturated heterocycles. The molecule has 0 spiro atoms. The lowest BCUT2D eigenvalue weighted by atomic mass is 10.0. The van der Waals surface area contributed by atoms with Crippen LogP contribution in [0.2, 0.25) is 5.02 Å². The number of fused-ring (bicyclic) bond motifs is 1. The quantitative estimate of drug-likeness (QED) is 0.498. The number of nitrogens with zero attached hydrogens (tertiary/aromatic N) is 1. The number of benzene rings is 3. The van der Waals surface area contributed by atoms with Gasteiger partial charge in [0.05, 0.1) is 16.1 Å². The summed E-state index contributed by atoms with van der Waals surface area (Å²) < 4.78 is 32.9. The van der Waals surface area contributed by atoms with Gasteiger partial charge >= 0.3 is 5.97 Å². The lowest BCUT2D eigenvalue weighted by molar-refractivity contribution is -0.124. The number of halogens is 1. The van der Waals surface area contributed by atoms with E-state index >= 15 is 0 Å². The molecule has 176 valence electrons. The van der Waals surface area contributed by atoms with Crippen LogP contribution in [0.1, 0.15) is 27.9 Å². The molecule has 4 rings (SSSR count). The maximum atomic E-state index is 13.2. The number of rotatable bonds is 7. The molecule has 0 aromatic heterocycles. The van der Waals surface area contributed by atoms with Gasteiger partial charge in [0.25, 0.3) is 15.9 Å². The number of sulfonamides is 1. The first-order valence-electron chi connectivity index (χ1n) is 10.7. The van der Waals surface area contributed by atoms with Gasteiger partial charge in [0.1, 0.15) is 0 Å². The highest BCUT2D eigenvalue weighted by Gasteiger charge is 2.29. The average molecular weight is 499 g/mol. The molecule has 1 amide bonds. The van der Waals surface area contributed by atoms with Crippen molar-refractivity contribution < 1.29 is 22.7 Å². The van der Waals surface area contributed by atoms with E-state index in [9.17, 15) is 18.0 Å². The van der Waals surface area contributed by atoms with Gasteiger partial charge in [-0.15, -0.1) is 0 Å². The van der Waals surface area contributed by atoms with Crippen LogP contribution >= 0.6 is 11.6 Å². The summed E-state index contributed by atoms with van der Waals surface area (Å²) in [4.78, 5) is 24.4. The Kier molecular flexibility index (Phi) is 7.19. The van der Waals surface area contributed by atoms with Crippen molar-refractivity contribution in [1.29, 1.82) is 0 Å². The maximum absolute atomic E-state index is 13.2. The van der Waals surface area contributed by atoms with Crippen molar-refractivity contribution in [2.45, 2.75) is 24.3 Å². The molecule has 3 aromatic carbocycles. The van der Waals surface area contributed by atoms with Crippen LogP contribution in [0.25, 0.3) is 0 Å². The number of amides is 1. The van der Waals surface area contributed by atoms with Gasteiger partial charge in [-0.2, -0.15) is 0 Å². The van der Waals surface area contributed by atoms with Gasteiger partial charge in [-0.1, -0.05) is 48.0 Å². The molecule has 7 nitrogen and oxygen atoms in total. The van der Waals surface area contributed by atoms with Crippen molar-refractivity contribution in [3.63, 3.8) is 0 Å². The number of aryl methyl sites for hydroxylation is 1. The largest absolute Gasteiger partial charge is 0.452 e. The second kappa shape index (κ2) is 10.3. The number of carbonyl (C=O) groups is 2. The third-order valence-electron chi connectivity index (χ3n) is 5.51. The Morgan fingerprint density at radius 1 is 0.971 bits per heavy atom. The minimum atomic E-state index is -3.77. The lowest BCUT2D eigenvalue weighted by Gasteiger charge is -2.30. The predicted molar refractivity (Wildman–Crippen MR) is 129 cm³/mol. The zero-order chi connectivity index (χ0) is 24.1. The molecule has 0 fully saturated rings. The fourth-order valence-electron chi connectivity index (χ4n) is 3.74. The molecule has 34 heavy (non-hydrogen) atoms. The Bertz CT molecular complexity index is 1310. The van der Waals surface area contributed by atoms with E-state index in [1.54, 1.807) is 30.3 Å².